The van der Waals surface area contributed by atoms with Gasteiger partial charge in [-0.15, -0.1) is 0 Å². The second kappa shape index (κ2) is 6.40. The summed E-state index contributed by atoms with van der Waals surface area (Å²) in [6.45, 7) is 6.07. The molecule has 0 aliphatic heterocycles. The summed E-state index contributed by atoms with van der Waals surface area (Å²) in [6, 6.07) is 0.420. The molecule has 12 heavy (non-hydrogen) atoms. The molecule has 0 aliphatic carbocycles. The minimum Gasteiger partial charge on any atom is -0.396 e. The van der Waals surface area contributed by atoms with E-state index in [1.165, 1.54) is 0 Å². The molecule has 0 heterocycles. The van der Waals surface area contributed by atoms with Gasteiger partial charge in [-0.1, -0.05) is 6.92 Å². The van der Waals surface area contributed by atoms with Crippen LogP contribution in [0.1, 0.15) is 13.8 Å². The van der Waals surface area contributed by atoms with Crippen LogP contribution in [0.5, 0.6) is 0 Å². The Kier molecular flexibility index (Phi) is 6.34. The van der Waals surface area contributed by atoms with Gasteiger partial charge in [-0.05, 0) is 19.9 Å². The lowest BCUT2D eigenvalue weighted by molar-refractivity contribution is 0.0971. The van der Waals surface area contributed by atoms with Crippen molar-refractivity contribution in [3.63, 3.8) is 0 Å². The lowest BCUT2D eigenvalue weighted by Gasteiger charge is -2.26. The molecule has 0 bridgehead atoms. The standard InChI is InChI=1S/C9H21NO2/c1-8(6-11)5-10(3)9(2)7-12-4/h8-9,11H,5-7H2,1-4H3. The molecule has 2 unspecified atom stereocenters. The number of likely N-dealkylation sites (N-methyl/N-ethyl adjacent to an activating group) is 1. The van der Waals surface area contributed by atoms with Crippen LogP contribution >= 0.6 is 0 Å². The Hall–Kier alpha value is -0.120. The first-order chi connectivity index (χ1) is 5.61. The Balaban J connectivity index is 3.62. The predicted octanol–water partition coefficient (Wildman–Crippen LogP) is 0.582. The topological polar surface area (TPSA) is 32.7 Å². The first-order valence-corrected chi connectivity index (χ1v) is 4.41. The van der Waals surface area contributed by atoms with Crippen LogP contribution in [0.25, 0.3) is 0 Å². The normalized spacial score (nSPS) is 16.5. The van der Waals surface area contributed by atoms with Gasteiger partial charge in [0.05, 0.1) is 6.61 Å². The zero-order valence-electron chi connectivity index (χ0n) is 8.58. The Morgan fingerprint density at radius 1 is 1.42 bits per heavy atom. The molecule has 0 spiro atoms. The number of nitrogens with zero attached hydrogens (tertiary/aromatic N) is 1. The van der Waals surface area contributed by atoms with Gasteiger partial charge in [0.2, 0.25) is 0 Å². The van der Waals surface area contributed by atoms with E-state index in [-0.39, 0.29) is 6.61 Å². The molecule has 74 valence electrons. The lowest BCUT2D eigenvalue weighted by Crippen LogP contribution is -2.36. The van der Waals surface area contributed by atoms with Crippen molar-refractivity contribution in [1.29, 1.82) is 0 Å². The smallest absolute Gasteiger partial charge is 0.0615 e. The number of hydrogen-bond donors (Lipinski definition) is 1. The van der Waals surface area contributed by atoms with Crippen molar-refractivity contribution in [3.8, 4) is 0 Å². The molecule has 3 heteroatoms. The second-order valence-corrected chi connectivity index (χ2v) is 3.53. The van der Waals surface area contributed by atoms with Crippen LogP contribution in [0.15, 0.2) is 0 Å². The van der Waals surface area contributed by atoms with Gasteiger partial charge in [-0.3, -0.25) is 0 Å². The van der Waals surface area contributed by atoms with Crippen molar-refractivity contribution < 1.29 is 9.84 Å². The molecule has 0 aliphatic rings. The van der Waals surface area contributed by atoms with Crippen molar-refractivity contribution in [1.82, 2.24) is 4.90 Å². The highest BCUT2D eigenvalue weighted by atomic mass is 16.5. The highest BCUT2D eigenvalue weighted by Crippen LogP contribution is 2.01. The maximum atomic E-state index is 8.84. The highest BCUT2D eigenvalue weighted by molar-refractivity contribution is 4.64. The van der Waals surface area contributed by atoms with Gasteiger partial charge >= 0.3 is 0 Å². The van der Waals surface area contributed by atoms with Gasteiger partial charge in [0, 0.05) is 26.3 Å². The Morgan fingerprint density at radius 3 is 2.42 bits per heavy atom. The summed E-state index contributed by atoms with van der Waals surface area (Å²) >= 11 is 0. The van der Waals surface area contributed by atoms with Crippen LogP contribution in [0.3, 0.4) is 0 Å². The SMILES string of the molecule is COCC(C)N(C)CC(C)CO. The van der Waals surface area contributed by atoms with Crippen molar-refractivity contribution in [2.24, 2.45) is 5.92 Å². The van der Waals surface area contributed by atoms with Gasteiger partial charge in [-0.25, -0.2) is 0 Å². The second-order valence-electron chi connectivity index (χ2n) is 3.53. The van der Waals surface area contributed by atoms with E-state index < -0.39 is 0 Å². The quantitative estimate of drug-likeness (QED) is 0.641. The maximum Gasteiger partial charge on any atom is 0.0615 e. The molecule has 0 rings (SSSR count). The molecule has 2 atom stereocenters. The number of ether oxygens (including phenoxy) is 1. The zero-order chi connectivity index (χ0) is 9.56. The summed E-state index contributed by atoms with van der Waals surface area (Å²) in [5.74, 6) is 0.342. The molecule has 0 saturated heterocycles. The third-order valence-corrected chi connectivity index (χ3v) is 2.07. The van der Waals surface area contributed by atoms with Gasteiger partial charge in [-0.2, -0.15) is 0 Å². The van der Waals surface area contributed by atoms with Crippen LogP contribution in [0.4, 0.5) is 0 Å². The van der Waals surface area contributed by atoms with E-state index in [9.17, 15) is 0 Å². The molecule has 0 radical (unpaired) electrons. The minimum atomic E-state index is 0.254. The monoisotopic (exact) mass is 175 g/mol. The lowest BCUT2D eigenvalue weighted by atomic mass is 10.1. The van der Waals surface area contributed by atoms with E-state index >= 15 is 0 Å². The van der Waals surface area contributed by atoms with E-state index in [0.29, 0.717) is 12.0 Å². The molecule has 0 saturated carbocycles. The van der Waals surface area contributed by atoms with Crippen LogP contribution in [-0.4, -0.2) is 50.0 Å². The average molecular weight is 175 g/mol. The summed E-state index contributed by atoms with van der Waals surface area (Å²) in [7, 11) is 3.76. The molecule has 3 nitrogen and oxygen atoms in total. The zero-order valence-corrected chi connectivity index (χ0v) is 8.58. The van der Waals surface area contributed by atoms with Crippen LogP contribution < -0.4 is 0 Å². The number of hydrogen-bond acceptors (Lipinski definition) is 3. The molecule has 0 aromatic rings. The number of aliphatic hydroxyl groups is 1. The van der Waals surface area contributed by atoms with E-state index in [1.807, 2.05) is 6.92 Å². The Morgan fingerprint density at radius 2 is 2.00 bits per heavy atom. The molecule has 0 fully saturated rings. The largest absolute Gasteiger partial charge is 0.396 e. The highest BCUT2D eigenvalue weighted by Gasteiger charge is 2.11. The first-order valence-electron chi connectivity index (χ1n) is 4.41. The summed E-state index contributed by atoms with van der Waals surface area (Å²) in [5.41, 5.74) is 0. The van der Waals surface area contributed by atoms with Crippen molar-refractivity contribution in [2.75, 3.05) is 33.9 Å². The molecular formula is C9H21NO2. The van der Waals surface area contributed by atoms with Crippen molar-refractivity contribution in [3.05, 3.63) is 0 Å². The molecular weight excluding hydrogens is 154 g/mol. The molecule has 0 amide bonds. The summed E-state index contributed by atoms with van der Waals surface area (Å²) in [4.78, 5) is 2.20. The van der Waals surface area contributed by atoms with Crippen LogP contribution in [0.2, 0.25) is 0 Å². The fourth-order valence-corrected chi connectivity index (χ4v) is 1.10. The molecule has 0 aromatic heterocycles. The van der Waals surface area contributed by atoms with E-state index in [0.717, 1.165) is 13.2 Å². The first kappa shape index (κ1) is 11.9. The Labute approximate surface area is 75.3 Å². The van der Waals surface area contributed by atoms with Crippen molar-refractivity contribution >= 4 is 0 Å². The maximum absolute atomic E-state index is 8.84. The fourth-order valence-electron chi connectivity index (χ4n) is 1.10. The Bertz CT molecular complexity index is 109. The van der Waals surface area contributed by atoms with Crippen LogP contribution in [0, 0.1) is 5.92 Å². The number of rotatable bonds is 6. The number of aliphatic hydroxyl groups excluding tert-OH is 1. The van der Waals surface area contributed by atoms with Gasteiger partial charge in [0.25, 0.3) is 0 Å². The average Bonchev–Trinajstić information content (AvgIpc) is 2.04. The summed E-state index contributed by atoms with van der Waals surface area (Å²) in [5, 5.41) is 8.84. The summed E-state index contributed by atoms with van der Waals surface area (Å²) in [6.07, 6.45) is 0. The minimum absolute atomic E-state index is 0.254. The molecule has 0 aromatic carbocycles. The van der Waals surface area contributed by atoms with E-state index in [1.54, 1.807) is 7.11 Å². The van der Waals surface area contributed by atoms with Gasteiger partial charge in [0.1, 0.15) is 0 Å². The fraction of sp³-hybridized carbons (Fsp3) is 1.00. The number of methoxy groups -OCH3 is 1. The van der Waals surface area contributed by atoms with Gasteiger partial charge < -0.3 is 14.7 Å². The van der Waals surface area contributed by atoms with Gasteiger partial charge in [0.15, 0.2) is 0 Å². The predicted molar refractivity (Wildman–Crippen MR) is 50.2 cm³/mol. The molecule has 1 N–H and O–H groups in total. The van der Waals surface area contributed by atoms with E-state index in [2.05, 4.69) is 18.9 Å². The third kappa shape index (κ3) is 4.70. The van der Waals surface area contributed by atoms with E-state index in [4.69, 9.17) is 9.84 Å². The van der Waals surface area contributed by atoms with Crippen molar-refractivity contribution in [2.45, 2.75) is 19.9 Å². The van der Waals surface area contributed by atoms with Crippen LogP contribution in [-0.2, 0) is 4.74 Å². The third-order valence-electron chi connectivity index (χ3n) is 2.07. The summed E-state index contributed by atoms with van der Waals surface area (Å²) < 4.78 is 5.04.